The lowest BCUT2D eigenvalue weighted by Crippen LogP contribution is -2.14. The Balaban J connectivity index is 2.93. The monoisotopic (exact) mass is 150 g/mol. The van der Waals surface area contributed by atoms with Gasteiger partial charge in [0.2, 0.25) is 0 Å². The predicted octanol–water partition coefficient (Wildman–Crippen LogP) is 1.67. The average Bonchev–Trinajstić information content (AvgIpc) is 2.04. The molecular formula is C9H14N2. The molecule has 1 N–H and O–H groups in total. The maximum atomic E-state index is 4.29. The minimum Gasteiger partial charge on any atom is -0.312 e. The molecule has 0 bridgehead atoms. The predicted molar refractivity (Wildman–Crippen MR) is 46.4 cm³/mol. The average molecular weight is 150 g/mol. The molecule has 0 aromatic carbocycles. The van der Waals surface area contributed by atoms with E-state index in [-0.39, 0.29) is 0 Å². The van der Waals surface area contributed by atoms with E-state index in [9.17, 15) is 0 Å². The molecule has 0 aliphatic heterocycles. The van der Waals surface area contributed by atoms with Gasteiger partial charge < -0.3 is 5.32 Å². The van der Waals surface area contributed by atoms with E-state index in [1.54, 1.807) is 0 Å². The van der Waals surface area contributed by atoms with Crippen molar-refractivity contribution >= 4 is 0 Å². The lowest BCUT2D eigenvalue weighted by atomic mass is 10.1. The molecule has 1 unspecified atom stereocenters. The molecule has 60 valence electrons. The number of nitrogens with zero attached hydrogens (tertiary/aromatic N) is 1. The lowest BCUT2D eigenvalue weighted by Gasteiger charge is -2.11. The summed E-state index contributed by atoms with van der Waals surface area (Å²) in [5, 5.41) is 3.16. The highest BCUT2D eigenvalue weighted by Gasteiger charge is 2.04. The topological polar surface area (TPSA) is 24.9 Å². The highest BCUT2D eigenvalue weighted by Crippen LogP contribution is 2.12. The van der Waals surface area contributed by atoms with Crippen LogP contribution in [0.3, 0.4) is 0 Å². The molecule has 1 aromatic rings. The van der Waals surface area contributed by atoms with Crippen LogP contribution in [0.5, 0.6) is 0 Å². The van der Waals surface area contributed by atoms with Crippen LogP contribution in [-0.4, -0.2) is 12.0 Å². The molecule has 1 rings (SSSR count). The van der Waals surface area contributed by atoms with Crippen molar-refractivity contribution < 1.29 is 0 Å². The van der Waals surface area contributed by atoms with Crippen LogP contribution >= 0.6 is 0 Å². The van der Waals surface area contributed by atoms with Gasteiger partial charge in [-0.15, -0.1) is 0 Å². The normalized spacial score (nSPS) is 13.0. The zero-order valence-electron chi connectivity index (χ0n) is 7.26. The molecule has 2 nitrogen and oxygen atoms in total. The van der Waals surface area contributed by atoms with E-state index in [4.69, 9.17) is 0 Å². The van der Waals surface area contributed by atoms with E-state index >= 15 is 0 Å². The first-order chi connectivity index (χ1) is 5.25. The quantitative estimate of drug-likeness (QED) is 0.693. The molecule has 11 heavy (non-hydrogen) atoms. The van der Waals surface area contributed by atoms with Crippen LogP contribution in [0.2, 0.25) is 0 Å². The van der Waals surface area contributed by atoms with Gasteiger partial charge in [0.1, 0.15) is 0 Å². The first-order valence-corrected chi connectivity index (χ1v) is 3.84. The summed E-state index contributed by atoms with van der Waals surface area (Å²) in [7, 11) is 1.94. The van der Waals surface area contributed by atoms with Gasteiger partial charge >= 0.3 is 0 Å². The molecule has 1 heterocycles. The van der Waals surface area contributed by atoms with Gasteiger partial charge in [-0.05, 0) is 32.5 Å². The fourth-order valence-corrected chi connectivity index (χ4v) is 1.09. The zero-order chi connectivity index (χ0) is 8.27. The third kappa shape index (κ3) is 1.77. The summed E-state index contributed by atoms with van der Waals surface area (Å²) in [6, 6.07) is 4.38. The fraction of sp³-hybridized carbons (Fsp3) is 0.444. The van der Waals surface area contributed by atoms with Gasteiger partial charge in [-0.2, -0.15) is 0 Å². The molecule has 0 saturated carbocycles. The Labute approximate surface area is 67.7 Å². The number of pyridine rings is 1. The van der Waals surface area contributed by atoms with Crippen LogP contribution in [0, 0.1) is 6.92 Å². The first-order valence-electron chi connectivity index (χ1n) is 3.84. The Bertz CT molecular complexity index is 233. The van der Waals surface area contributed by atoms with Crippen molar-refractivity contribution in [1.82, 2.24) is 10.3 Å². The zero-order valence-corrected chi connectivity index (χ0v) is 7.26. The second-order valence-corrected chi connectivity index (χ2v) is 2.72. The van der Waals surface area contributed by atoms with Crippen molar-refractivity contribution in [2.75, 3.05) is 7.05 Å². The van der Waals surface area contributed by atoms with Gasteiger partial charge in [-0.3, -0.25) is 4.98 Å². The Morgan fingerprint density at radius 1 is 1.55 bits per heavy atom. The number of nitrogens with one attached hydrogen (secondary N) is 1. The SMILES string of the molecule is CNC(C)c1ncccc1C. The lowest BCUT2D eigenvalue weighted by molar-refractivity contribution is 0.628. The largest absolute Gasteiger partial charge is 0.312 e. The number of rotatable bonds is 2. The van der Waals surface area contributed by atoms with E-state index in [1.807, 2.05) is 19.3 Å². The van der Waals surface area contributed by atoms with E-state index in [1.165, 1.54) is 5.56 Å². The highest BCUT2D eigenvalue weighted by atomic mass is 14.9. The number of aryl methyl sites for hydroxylation is 1. The Morgan fingerprint density at radius 2 is 2.27 bits per heavy atom. The molecule has 0 fully saturated rings. The first kappa shape index (κ1) is 8.21. The second-order valence-electron chi connectivity index (χ2n) is 2.72. The minimum absolute atomic E-state index is 0.344. The van der Waals surface area contributed by atoms with Gasteiger partial charge in [-0.1, -0.05) is 6.07 Å². The van der Waals surface area contributed by atoms with Crippen LogP contribution in [0.1, 0.15) is 24.2 Å². The van der Waals surface area contributed by atoms with Gasteiger partial charge in [0.05, 0.1) is 5.69 Å². The molecule has 0 aliphatic carbocycles. The number of hydrogen-bond acceptors (Lipinski definition) is 2. The van der Waals surface area contributed by atoms with Gasteiger partial charge in [0.15, 0.2) is 0 Å². The van der Waals surface area contributed by atoms with Crippen molar-refractivity contribution in [3.05, 3.63) is 29.6 Å². The van der Waals surface area contributed by atoms with Crippen molar-refractivity contribution in [1.29, 1.82) is 0 Å². The Morgan fingerprint density at radius 3 is 2.82 bits per heavy atom. The van der Waals surface area contributed by atoms with Crippen LogP contribution in [0.25, 0.3) is 0 Å². The third-order valence-electron chi connectivity index (χ3n) is 1.89. The standard InChI is InChI=1S/C9H14N2/c1-7-5-4-6-11-9(7)8(2)10-3/h4-6,8,10H,1-3H3. The van der Waals surface area contributed by atoms with Crippen LogP contribution in [0.4, 0.5) is 0 Å². The molecular weight excluding hydrogens is 136 g/mol. The van der Waals surface area contributed by atoms with Crippen molar-refractivity contribution in [3.8, 4) is 0 Å². The fourth-order valence-electron chi connectivity index (χ4n) is 1.09. The van der Waals surface area contributed by atoms with Gasteiger partial charge in [0, 0.05) is 12.2 Å². The summed E-state index contributed by atoms with van der Waals surface area (Å²) in [5.41, 5.74) is 2.38. The second kappa shape index (κ2) is 3.49. The molecule has 1 atom stereocenters. The Kier molecular flexibility index (Phi) is 2.60. The smallest absolute Gasteiger partial charge is 0.0599 e. The molecule has 2 heteroatoms. The van der Waals surface area contributed by atoms with Crippen molar-refractivity contribution in [2.24, 2.45) is 0 Å². The van der Waals surface area contributed by atoms with E-state index in [0.29, 0.717) is 6.04 Å². The molecule has 0 radical (unpaired) electrons. The summed E-state index contributed by atoms with van der Waals surface area (Å²) in [6.07, 6.45) is 1.83. The summed E-state index contributed by atoms with van der Waals surface area (Å²) < 4.78 is 0. The molecule has 1 aromatic heterocycles. The van der Waals surface area contributed by atoms with E-state index in [0.717, 1.165) is 5.69 Å². The van der Waals surface area contributed by atoms with Crippen LogP contribution < -0.4 is 5.32 Å². The van der Waals surface area contributed by atoms with Crippen LogP contribution in [0.15, 0.2) is 18.3 Å². The third-order valence-corrected chi connectivity index (χ3v) is 1.89. The van der Waals surface area contributed by atoms with Gasteiger partial charge in [-0.25, -0.2) is 0 Å². The van der Waals surface area contributed by atoms with Crippen molar-refractivity contribution in [2.45, 2.75) is 19.9 Å². The summed E-state index contributed by atoms with van der Waals surface area (Å²) in [4.78, 5) is 4.29. The number of aromatic nitrogens is 1. The summed E-state index contributed by atoms with van der Waals surface area (Å²) in [6.45, 7) is 4.19. The molecule has 0 spiro atoms. The Hall–Kier alpha value is -0.890. The van der Waals surface area contributed by atoms with Crippen LogP contribution in [-0.2, 0) is 0 Å². The summed E-state index contributed by atoms with van der Waals surface area (Å²) >= 11 is 0. The minimum atomic E-state index is 0.344. The van der Waals surface area contributed by atoms with Gasteiger partial charge in [0.25, 0.3) is 0 Å². The van der Waals surface area contributed by atoms with E-state index in [2.05, 4.69) is 30.2 Å². The highest BCUT2D eigenvalue weighted by molar-refractivity contribution is 5.20. The van der Waals surface area contributed by atoms with E-state index < -0.39 is 0 Å². The maximum Gasteiger partial charge on any atom is 0.0599 e. The molecule has 0 saturated heterocycles. The van der Waals surface area contributed by atoms with Crippen molar-refractivity contribution in [3.63, 3.8) is 0 Å². The molecule has 0 aliphatic rings. The summed E-state index contributed by atoms with van der Waals surface area (Å²) in [5.74, 6) is 0. The molecule has 0 amide bonds. The number of hydrogen-bond donors (Lipinski definition) is 1. The maximum absolute atomic E-state index is 4.29.